The first kappa shape index (κ1) is 15.2. The van der Waals surface area contributed by atoms with Gasteiger partial charge in [-0.25, -0.2) is 4.98 Å². The first-order valence-corrected chi connectivity index (χ1v) is 7.11. The number of methoxy groups -OCH3 is 2. The Morgan fingerprint density at radius 1 is 1.05 bits per heavy atom. The van der Waals surface area contributed by atoms with E-state index < -0.39 is 0 Å². The van der Waals surface area contributed by atoms with Crippen molar-refractivity contribution in [3.05, 3.63) is 47.7 Å². The summed E-state index contributed by atoms with van der Waals surface area (Å²) in [6, 6.07) is 12.1. The molecule has 4 nitrogen and oxygen atoms in total. The maximum absolute atomic E-state index is 5.32. The summed E-state index contributed by atoms with van der Waals surface area (Å²) in [4.78, 5) is 4.42. The molecule has 0 saturated carbocycles. The molecule has 0 atom stereocenters. The van der Waals surface area contributed by atoms with E-state index in [0.717, 1.165) is 42.4 Å². The van der Waals surface area contributed by atoms with Crippen LogP contribution in [0.3, 0.4) is 0 Å². The molecule has 0 amide bonds. The number of aryl methyl sites for hydroxylation is 2. The van der Waals surface area contributed by atoms with Crippen molar-refractivity contribution in [1.29, 1.82) is 0 Å². The molecule has 1 N–H and O–H groups in total. The standard InChI is InChI=1S/C17H22N2O2/c1-13-6-4-8-17(19-13)18-11-5-7-14-9-10-15(20-2)16(12-14)21-3/h4,6,8-10,12H,5,7,11H2,1-3H3,(H,18,19). The number of hydrogen-bond donors (Lipinski definition) is 1. The number of anilines is 1. The van der Waals surface area contributed by atoms with E-state index in [0.29, 0.717) is 0 Å². The maximum Gasteiger partial charge on any atom is 0.160 e. The largest absolute Gasteiger partial charge is 0.493 e. The average molecular weight is 286 g/mol. The van der Waals surface area contributed by atoms with Gasteiger partial charge in [0.25, 0.3) is 0 Å². The molecule has 21 heavy (non-hydrogen) atoms. The third-order valence-electron chi connectivity index (χ3n) is 3.28. The first-order chi connectivity index (χ1) is 10.2. The molecule has 1 heterocycles. The number of benzene rings is 1. The normalized spacial score (nSPS) is 10.2. The van der Waals surface area contributed by atoms with Gasteiger partial charge in [0.2, 0.25) is 0 Å². The van der Waals surface area contributed by atoms with Crippen molar-refractivity contribution in [2.75, 3.05) is 26.1 Å². The lowest BCUT2D eigenvalue weighted by Crippen LogP contribution is -2.05. The summed E-state index contributed by atoms with van der Waals surface area (Å²) < 4.78 is 10.6. The highest BCUT2D eigenvalue weighted by Crippen LogP contribution is 2.27. The Balaban J connectivity index is 1.83. The summed E-state index contributed by atoms with van der Waals surface area (Å²) in [5.41, 5.74) is 2.27. The molecule has 0 radical (unpaired) electrons. The second-order valence-corrected chi connectivity index (χ2v) is 4.88. The van der Waals surface area contributed by atoms with Crippen LogP contribution >= 0.6 is 0 Å². The van der Waals surface area contributed by atoms with Gasteiger partial charge in [-0.15, -0.1) is 0 Å². The van der Waals surface area contributed by atoms with Gasteiger partial charge in [-0.1, -0.05) is 12.1 Å². The molecule has 2 aromatic rings. The smallest absolute Gasteiger partial charge is 0.160 e. The van der Waals surface area contributed by atoms with Crippen LogP contribution in [0.1, 0.15) is 17.7 Å². The number of hydrogen-bond acceptors (Lipinski definition) is 4. The Morgan fingerprint density at radius 2 is 1.86 bits per heavy atom. The van der Waals surface area contributed by atoms with Crippen molar-refractivity contribution in [3.63, 3.8) is 0 Å². The third-order valence-corrected chi connectivity index (χ3v) is 3.28. The number of nitrogens with zero attached hydrogens (tertiary/aromatic N) is 1. The van der Waals surface area contributed by atoms with Gasteiger partial charge in [0, 0.05) is 12.2 Å². The molecule has 112 valence electrons. The van der Waals surface area contributed by atoms with Crippen molar-refractivity contribution in [1.82, 2.24) is 4.98 Å². The molecule has 0 fully saturated rings. The maximum atomic E-state index is 5.32. The summed E-state index contributed by atoms with van der Waals surface area (Å²) >= 11 is 0. The van der Waals surface area contributed by atoms with E-state index in [4.69, 9.17) is 9.47 Å². The Labute approximate surface area is 126 Å². The monoisotopic (exact) mass is 286 g/mol. The topological polar surface area (TPSA) is 43.4 Å². The Bertz CT molecular complexity index is 585. The number of aromatic nitrogens is 1. The fraction of sp³-hybridized carbons (Fsp3) is 0.353. The number of rotatable bonds is 7. The van der Waals surface area contributed by atoms with Gasteiger partial charge in [0.05, 0.1) is 14.2 Å². The average Bonchev–Trinajstić information content (AvgIpc) is 2.51. The summed E-state index contributed by atoms with van der Waals surface area (Å²) in [7, 11) is 3.31. The lowest BCUT2D eigenvalue weighted by molar-refractivity contribution is 0.354. The summed E-state index contributed by atoms with van der Waals surface area (Å²) in [5.74, 6) is 2.48. The Kier molecular flexibility index (Phi) is 5.43. The second kappa shape index (κ2) is 7.53. The van der Waals surface area contributed by atoms with E-state index in [-0.39, 0.29) is 0 Å². The lowest BCUT2D eigenvalue weighted by Gasteiger charge is -2.10. The van der Waals surface area contributed by atoms with Crippen LogP contribution < -0.4 is 14.8 Å². The molecule has 0 spiro atoms. The molecule has 0 aliphatic rings. The molecule has 1 aromatic heterocycles. The molecular formula is C17H22N2O2. The van der Waals surface area contributed by atoms with Crippen LogP contribution in [0.5, 0.6) is 11.5 Å². The zero-order valence-electron chi connectivity index (χ0n) is 12.8. The number of ether oxygens (including phenoxy) is 2. The van der Waals surface area contributed by atoms with Crippen LogP contribution in [0.4, 0.5) is 5.82 Å². The SMILES string of the molecule is COc1ccc(CCCNc2cccc(C)n2)cc1OC. The van der Waals surface area contributed by atoms with Gasteiger partial charge in [0.15, 0.2) is 11.5 Å². The third kappa shape index (κ3) is 4.38. The molecule has 2 rings (SSSR count). The van der Waals surface area contributed by atoms with Crippen molar-refractivity contribution in [2.24, 2.45) is 0 Å². The minimum absolute atomic E-state index is 0.767. The van der Waals surface area contributed by atoms with Gasteiger partial charge in [0.1, 0.15) is 5.82 Å². The molecule has 0 aliphatic heterocycles. The highest BCUT2D eigenvalue weighted by Gasteiger charge is 2.04. The Morgan fingerprint density at radius 3 is 2.57 bits per heavy atom. The predicted molar refractivity (Wildman–Crippen MR) is 85.3 cm³/mol. The van der Waals surface area contributed by atoms with Crippen molar-refractivity contribution < 1.29 is 9.47 Å². The van der Waals surface area contributed by atoms with Crippen LogP contribution in [0.25, 0.3) is 0 Å². The molecule has 4 heteroatoms. The summed E-state index contributed by atoms with van der Waals surface area (Å²) in [6.45, 7) is 2.89. The van der Waals surface area contributed by atoms with Crippen LogP contribution in [-0.4, -0.2) is 25.7 Å². The second-order valence-electron chi connectivity index (χ2n) is 4.88. The molecule has 0 saturated heterocycles. The van der Waals surface area contributed by atoms with E-state index in [1.807, 2.05) is 37.3 Å². The fourth-order valence-electron chi connectivity index (χ4n) is 2.19. The molecule has 0 bridgehead atoms. The van der Waals surface area contributed by atoms with Gasteiger partial charge in [-0.05, 0) is 49.6 Å². The summed E-state index contributed by atoms with van der Waals surface area (Å²) in [6.07, 6.45) is 2.02. The minimum atomic E-state index is 0.767. The molecular weight excluding hydrogens is 264 g/mol. The van der Waals surface area contributed by atoms with Crippen LogP contribution in [-0.2, 0) is 6.42 Å². The minimum Gasteiger partial charge on any atom is -0.493 e. The first-order valence-electron chi connectivity index (χ1n) is 7.11. The van der Waals surface area contributed by atoms with E-state index in [2.05, 4.69) is 16.4 Å². The number of pyridine rings is 1. The van der Waals surface area contributed by atoms with E-state index in [9.17, 15) is 0 Å². The van der Waals surface area contributed by atoms with E-state index >= 15 is 0 Å². The Hall–Kier alpha value is -2.23. The highest BCUT2D eigenvalue weighted by atomic mass is 16.5. The van der Waals surface area contributed by atoms with Gasteiger partial charge < -0.3 is 14.8 Å². The van der Waals surface area contributed by atoms with Gasteiger partial charge >= 0.3 is 0 Å². The van der Waals surface area contributed by atoms with Gasteiger partial charge in [-0.3, -0.25) is 0 Å². The molecule has 0 unspecified atom stereocenters. The molecule has 1 aromatic carbocycles. The lowest BCUT2D eigenvalue weighted by atomic mass is 10.1. The zero-order chi connectivity index (χ0) is 15.1. The quantitative estimate of drug-likeness (QED) is 0.792. The van der Waals surface area contributed by atoms with Crippen molar-refractivity contribution in [3.8, 4) is 11.5 Å². The van der Waals surface area contributed by atoms with E-state index in [1.165, 1.54) is 5.56 Å². The van der Waals surface area contributed by atoms with E-state index in [1.54, 1.807) is 14.2 Å². The fourth-order valence-corrected chi connectivity index (χ4v) is 2.19. The highest BCUT2D eigenvalue weighted by molar-refractivity contribution is 5.43. The van der Waals surface area contributed by atoms with Crippen LogP contribution in [0.2, 0.25) is 0 Å². The number of nitrogens with one attached hydrogen (secondary N) is 1. The van der Waals surface area contributed by atoms with Gasteiger partial charge in [-0.2, -0.15) is 0 Å². The predicted octanol–water partition coefficient (Wildman–Crippen LogP) is 3.45. The molecule has 0 aliphatic carbocycles. The van der Waals surface area contributed by atoms with Crippen LogP contribution in [0, 0.1) is 6.92 Å². The zero-order valence-corrected chi connectivity index (χ0v) is 12.8. The summed E-state index contributed by atoms with van der Waals surface area (Å²) in [5, 5.41) is 3.34. The van der Waals surface area contributed by atoms with Crippen LogP contribution in [0.15, 0.2) is 36.4 Å². The van der Waals surface area contributed by atoms with Crippen molar-refractivity contribution in [2.45, 2.75) is 19.8 Å². The van der Waals surface area contributed by atoms with Crippen molar-refractivity contribution >= 4 is 5.82 Å².